The summed E-state index contributed by atoms with van der Waals surface area (Å²) in [5.41, 5.74) is 2.13. The van der Waals surface area contributed by atoms with E-state index in [1.165, 1.54) is 0 Å². The van der Waals surface area contributed by atoms with Crippen LogP contribution in [0.3, 0.4) is 0 Å². The monoisotopic (exact) mass is 353 g/mol. The van der Waals surface area contributed by atoms with Crippen LogP contribution in [-0.4, -0.2) is 16.5 Å². The van der Waals surface area contributed by atoms with Gasteiger partial charge in [-0.25, -0.2) is 9.97 Å². The highest BCUT2D eigenvalue weighted by atomic mass is 127. The molecule has 0 saturated heterocycles. The molecule has 3 nitrogen and oxygen atoms in total. The van der Waals surface area contributed by atoms with Crippen LogP contribution in [0.2, 0.25) is 0 Å². The third-order valence-corrected chi connectivity index (χ3v) is 3.57. The fourth-order valence-corrected chi connectivity index (χ4v) is 2.45. The smallest absolute Gasteiger partial charge is 0.143 e. The third kappa shape index (κ3) is 2.98. The van der Waals surface area contributed by atoms with Gasteiger partial charge in [-0.05, 0) is 35.9 Å². The van der Waals surface area contributed by atoms with E-state index in [0.717, 1.165) is 39.4 Å². The molecule has 0 aliphatic heterocycles. The Morgan fingerprint density at radius 1 is 1.17 bits per heavy atom. The molecule has 4 heteroatoms. The largest absolute Gasteiger partial charge is 0.369 e. The van der Waals surface area contributed by atoms with Crippen molar-refractivity contribution in [2.24, 2.45) is 0 Å². The van der Waals surface area contributed by atoms with Crippen LogP contribution in [0.5, 0.6) is 0 Å². The first kappa shape index (κ1) is 13.3. The summed E-state index contributed by atoms with van der Waals surface area (Å²) in [5.74, 6) is 1.73. The lowest BCUT2D eigenvalue weighted by Crippen LogP contribution is -2.07. The lowest BCUT2D eigenvalue weighted by Gasteiger charge is -2.11. The quantitative estimate of drug-likeness (QED) is 0.848. The maximum absolute atomic E-state index is 4.55. The van der Waals surface area contributed by atoms with Gasteiger partial charge in [0.1, 0.15) is 11.6 Å². The number of halogens is 1. The fourth-order valence-electron chi connectivity index (χ4n) is 1.71. The van der Waals surface area contributed by atoms with E-state index in [0.29, 0.717) is 0 Å². The molecule has 0 spiro atoms. The molecule has 0 bridgehead atoms. The number of nitrogens with one attached hydrogen (secondary N) is 1. The fraction of sp³-hybridized carbons (Fsp3) is 0.286. The van der Waals surface area contributed by atoms with Gasteiger partial charge in [-0.2, -0.15) is 0 Å². The Morgan fingerprint density at radius 2 is 1.89 bits per heavy atom. The first-order valence-electron chi connectivity index (χ1n) is 6.05. The van der Waals surface area contributed by atoms with Gasteiger partial charge in [0.15, 0.2) is 0 Å². The van der Waals surface area contributed by atoms with Crippen molar-refractivity contribution in [2.45, 2.75) is 20.3 Å². The van der Waals surface area contributed by atoms with Crippen molar-refractivity contribution in [1.29, 1.82) is 0 Å². The van der Waals surface area contributed by atoms with Gasteiger partial charge in [0.05, 0.1) is 9.26 Å². The predicted octanol–water partition coefficient (Wildman–Crippen LogP) is 3.88. The molecule has 0 radical (unpaired) electrons. The molecule has 0 amide bonds. The van der Waals surface area contributed by atoms with Gasteiger partial charge in [0, 0.05) is 12.1 Å². The molecule has 0 atom stereocenters. The number of anilines is 1. The number of nitrogens with zero attached hydrogens (tertiary/aromatic N) is 2. The van der Waals surface area contributed by atoms with Gasteiger partial charge in [0.25, 0.3) is 0 Å². The summed E-state index contributed by atoms with van der Waals surface area (Å²) in [5, 5.41) is 3.35. The van der Waals surface area contributed by atoms with Crippen LogP contribution < -0.4 is 5.32 Å². The molecular weight excluding hydrogens is 337 g/mol. The number of hydrogen-bond donors (Lipinski definition) is 1. The van der Waals surface area contributed by atoms with E-state index in [2.05, 4.69) is 56.9 Å². The SMILES string of the molecule is CCCNc1nc(C)nc(-c2ccccc2)c1I. The normalized spacial score (nSPS) is 10.4. The summed E-state index contributed by atoms with van der Waals surface area (Å²) in [6, 6.07) is 10.2. The molecule has 1 heterocycles. The van der Waals surface area contributed by atoms with Crippen molar-refractivity contribution in [3.05, 3.63) is 39.7 Å². The minimum absolute atomic E-state index is 0.799. The van der Waals surface area contributed by atoms with Crippen molar-refractivity contribution in [1.82, 2.24) is 9.97 Å². The molecule has 0 saturated carbocycles. The van der Waals surface area contributed by atoms with E-state index in [1.54, 1.807) is 0 Å². The van der Waals surface area contributed by atoms with Crippen molar-refractivity contribution in [3.8, 4) is 11.3 Å². The third-order valence-electron chi connectivity index (χ3n) is 2.55. The number of aromatic nitrogens is 2. The number of rotatable bonds is 4. The van der Waals surface area contributed by atoms with E-state index < -0.39 is 0 Å². The molecular formula is C14H16IN3. The van der Waals surface area contributed by atoms with Gasteiger partial charge < -0.3 is 5.32 Å². The van der Waals surface area contributed by atoms with Crippen molar-refractivity contribution >= 4 is 28.4 Å². The summed E-state index contributed by atoms with van der Waals surface area (Å²) in [6.07, 6.45) is 1.08. The standard InChI is InChI=1S/C14H16IN3/c1-3-9-16-14-12(15)13(17-10(2)18-14)11-7-5-4-6-8-11/h4-8H,3,9H2,1-2H3,(H,16,17,18). The Balaban J connectivity index is 2.45. The van der Waals surface area contributed by atoms with Crippen LogP contribution in [0, 0.1) is 10.5 Å². The zero-order chi connectivity index (χ0) is 13.0. The summed E-state index contributed by atoms with van der Waals surface area (Å²) >= 11 is 2.31. The second-order valence-corrected chi connectivity index (χ2v) is 5.15. The molecule has 1 aromatic carbocycles. The van der Waals surface area contributed by atoms with Gasteiger partial charge in [-0.1, -0.05) is 37.3 Å². The first-order valence-corrected chi connectivity index (χ1v) is 7.13. The van der Waals surface area contributed by atoms with E-state index in [4.69, 9.17) is 0 Å². The second kappa shape index (κ2) is 6.13. The highest BCUT2D eigenvalue weighted by molar-refractivity contribution is 14.1. The number of benzene rings is 1. The van der Waals surface area contributed by atoms with E-state index in [1.807, 2.05) is 25.1 Å². The number of hydrogen-bond acceptors (Lipinski definition) is 3. The van der Waals surface area contributed by atoms with Crippen LogP contribution in [0.4, 0.5) is 5.82 Å². The average molecular weight is 353 g/mol. The number of aryl methyl sites for hydroxylation is 1. The molecule has 94 valence electrons. The summed E-state index contributed by atoms with van der Waals surface area (Å²) in [4.78, 5) is 9.02. The highest BCUT2D eigenvalue weighted by Gasteiger charge is 2.11. The molecule has 2 rings (SSSR count). The molecule has 0 unspecified atom stereocenters. The Labute approximate surface area is 121 Å². The minimum Gasteiger partial charge on any atom is -0.369 e. The topological polar surface area (TPSA) is 37.8 Å². The van der Waals surface area contributed by atoms with Crippen molar-refractivity contribution in [3.63, 3.8) is 0 Å². The van der Waals surface area contributed by atoms with E-state index >= 15 is 0 Å². The second-order valence-electron chi connectivity index (χ2n) is 4.07. The average Bonchev–Trinajstić information content (AvgIpc) is 2.40. The van der Waals surface area contributed by atoms with Crippen LogP contribution in [-0.2, 0) is 0 Å². The summed E-state index contributed by atoms with van der Waals surface area (Å²) in [7, 11) is 0. The van der Waals surface area contributed by atoms with Gasteiger partial charge in [-0.3, -0.25) is 0 Å². The Morgan fingerprint density at radius 3 is 2.56 bits per heavy atom. The maximum Gasteiger partial charge on any atom is 0.143 e. The Bertz CT molecular complexity index is 526. The minimum atomic E-state index is 0.799. The molecule has 1 aromatic heterocycles. The highest BCUT2D eigenvalue weighted by Crippen LogP contribution is 2.27. The van der Waals surface area contributed by atoms with Crippen LogP contribution in [0.1, 0.15) is 19.2 Å². The maximum atomic E-state index is 4.55. The van der Waals surface area contributed by atoms with E-state index in [-0.39, 0.29) is 0 Å². The molecule has 0 fully saturated rings. The van der Waals surface area contributed by atoms with Gasteiger partial charge >= 0.3 is 0 Å². The summed E-state index contributed by atoms with van der Waals surface area (Å²) in [6.45, 7) is 5.01. The van der Waals surface area contributed by atoms with Crippen LogP contribution >= 0.6 is 22.6 Å². The molecule has 0 aliphatic rings. The zero-order valence-electron chi connectivity index (χ0n) is 10.6. The van der Waals surface area contributed by atoms with Crippen molar-refractivity contribution < 1.29 is 0 Å². The van der Waals surface area contributed by atoms with Gasteiger partial charge in [0.2, 0.25) is 0 Å². The first-order chi connectivity index (χ1) is 8.72. The lowest BCUT2D eigenvalue weighted by molar-refractivity contribution is 0.951. The Kier molecular flexibility index (Phi) is 4.52. The molecule has 1 N–H and O–H groups in total. The zero-order valence-corrected chi connectivity index (χ0v) is 12.7. The predicted molar refractivity (Wildman–Crippen MR) is 83.7 cm³/mol. The van der Waals surface area contributed by atoms with Gasteiger partial charge in [-0.15, -0.1) is 0 Å². The van der Waals surface area contributed by atoms with E-state index in [9.17, 15) is 0 Å². The molecule has 0 aliphatic carbocycles. The van der Waals surface area contributed by atoms with Crippen LogP contribution in [0.15, 0.2) is 30.3 Å². The lowest BCUT2D eigenvalue weighted by atomic mass is 10.1. The summed E-state index contributed by atoms with van der Waals surface area (Å²) < 4.78 is 1.08. The Hall–Kier alpha value is -1.17. The molecule has 2 aromatic rings. The molecule has 18 heavy (non-hydrogen) atoms. The van der Waals surface area contributed by atoms with Crippen LogP contribution in [0.25, 0.3) is 11.3 Å². The van der Waals surface area contributed by atoms with Crippen molar-refractivity contribution in [2.75, 3.05) is 11.9 Å².